The summed E-state index contributed by atoms with van der Waals surface area (Å²) in [7, 11) is 3.50. The van der Waals surface area contributed by atoms with Gasteiger partial charge in [-0.1, -0.05) is 42.5 Å². The van der Waals surface area contributed by atoms with Crippen molar-refractivity contribution >= 4 is 5.96 Å². The molecule has 2 aromatic carbocycles. The Kier molecular flexibility index (Phi) is 12.9. The molecule has 0 bridgehead atoms. The molecule has 176 valence electrons. The molecule has 0 aliphatic rings. The van der Waals surface area contributed by atoms with Gasteiger partial charge in [0.25, 0.3) is 0 Å². The van der Waals surface area contributed by atoms with Crippen LogP contribution in [0, 0.1) is 6.92 Å². The second-order valence-electron chi connectivity index (χ2n) is 7.71. The van der Waals surface area contributed by atoms with Crippen LogP contribution in [-0.2, 0) is 22.4 Å². The quantitative estimate of drug-likeness (QED) is 0.247. The van der Waals surface area contributed by atoms with Crippen molar-refractivity contribution in [3.63, 3.8) is 0 Å². The number of guanidine groups is 1. The number of aliphatic imine (C=N–C) groups is 1. The number of aryl methyl sites for hydroxylation is 1. The number of ether oxygens (including phenoxy) is 3. The Morgan fingerprint density at radius 1 is 0.906 bits per heavy atom. The van der Waals surface area contributed by atoms with Gasteiger partial charge in [0.2, 0.25) is 0 Å². The summed E-state index contributed by atoms with van der Waals surface area (Å²) in [5.41, 5.74) is 3.62. The molecule has 0 unspecified atom stereocenters. The lowest BCUT2D eigenvalue weighted by molar-refractivity contribution is 0.133. The van der Waals surface area contributed by atoms with Gasteiger partial charge in [-0.3, -0.25) is 4.99 Å². The first-order chi connectivity index (χ1) is 15.7. The molecule has 0 aliphatic carbocycles. The third-order valence-corrected chi connectivity index (χ3v) is 5.03. The van der Waals surface area contributed by atoms with Crippen molar-refractivity contribution in [2.24, 2.45) is 4.99 Å². The fourth-order valence-corrected chi connectivity index (χ4v) is 3.20. The van der Waals surface area contributed by atoms with E-state index in [1.807, 2.05) is 6.07 Å². The zero-order valence-corrected chi connectivity index (χ0v) is 19.9. The highest BCUT2D eigenvalue weighted by Gasteiger charge is 2.06. The van der Waals surface area contributed by atoms with E-state index >= 15 is 0 Å². The normalized spacial score (nSPS) is 11.4. The molecule has 0 saturated heterocycles. The number of nitrogens with zero attached hydrogens (tertiary/aromatic N) is 1. The minimum Gasteiger partial charge on any atom is -0.493 e. The predicted molar refractivity (Wildman–Crippen MR) is 132 cm³/mol. The van der Waals surface area contributed by atoms with Gasteiger partial charge in [-0.15, -0.1) is 0 Å². The minimum absolute atomic E-state index is 0.644. The smallest absolute Gasteiger partial charge is 0.191 e. The topological polar surface area (TPSA) is 64.1 Å². The van der Waals surface area contributed by atoms with Crippen LogP contribution >= 0.6 is 0 Å². The van der Waals surface area contributed by atoms with Gasteiger partial charge in [0.15, 0.2) is 5.96 Å². The van der Waals surface area contributed by atoms with Crippen molar-refractivity contribution in [3.8, 4) is 5.75 Å². The molecule has 0 spiro atoms. The van der Waals surface area contributed by atoms with Crippen LogP contribution in [0.25, 0.3) is 0 Å². The summed E-state index contributed by atoms with van der Waals surface area (Å²) in [5, 5.41) is 6.75. The largest absolute Gasteiger partial charge is 0.493 e. The van der Waals surface area contributed by atoms with Crippen molar-refractivity contribution < 1.29 is 14.2 Å². The van der Waals surface area contributed by atoms with Crippen LogP contribution in [0.2, 0.25) is 0 Å². The Bertz CT molecular complexity index is 781. The number of nitrogens with one attached hydrogen (secondary N) is 2. The van der Waals surface area contributed by atoms with Crippen LogP contribution in [0.1, 0.15) is 36.0 Å². The summed E-state index contributed by atoms with van der Waals surface area (Å²) in [4.78, 5) is 4.32. The van der Waals surface area contributed by atoms with Gasteiger partial charge in [-0.25, -0.2) is 0 Å². The summed E-state index contributed by atoms with van der Waals surface area (Å²) in [6, 6.07) is 16.7. The van der Waals surface area contributed by atoms with E-state index < -0.39 is 0 Å². The number of hydrogen-bond acceptors (Lipinski definition) is 4. The maximum atomic E-state index is 5.97. The summed E-state index contributed by atoms with van der Waals surface area (Å²) in [6.07, 6.45) is 3.89. The van der Waals surface area contributed by atoms with Gasteiger partial charge >= 0.3 is 0 Å². The highest BCUT2D eigenvalue weighted by molar-refractivity contribution is 5.79. The molecule has 0 amide bonds. The van der Waals surface area contributed by atoms with E-state index in [-0.39, 0.29) is 0 Å². The highest BCUT2D eigenvalue weighted by Crippen LogP contribution is 2.20. The zero-order valence-electron chi connectivity index (χ0n) is 19.9. The molecule has 0 radical (unpaired) electrons. The molecule has 0 aromatic heterocycles. The lowest BCUT2D eigenvalue weighted by Gasteiger charge is -2.15. The lowest BCUT2D eigenvalue weighted by atomic mass is 10.1. The fraction of sp³-hybridized carbons (Fsp3) is 0.500. The average Bonchev–Trinajstić information content (AvgIpc) is 2.82. The van der Waals surface area contributed by atoms with Gasteiger partial charge in [0.05, 0.1) is 13.2 Å². The molecular weight excluding hydrogens is 402 g/mol. The van der Waals surface area contributed by atoms with Crippen molar-refractivity contribution in [2.75, 3.05) is 47.1 Å². The SMILES string of the molecule is CN=C(NCCCCOCCc1ccccc1)NCc1ccc(C)cc1OCCCOC. The number of methoxy groups -OCH3 is 1. The van der Waals surface area contributed by atoms with Crippen molar-refractivity contribution in [2.45, 2.75) is 39.2 Å². The molecule has 2 aromatic rings. The summed E-state index contributed by atoms with van der Waals surface area (Å²) < 4.78 is 16.8. The van der Waals surface area contributed by atoms with E-state index in [4.69, 9.17) is 14.2 Å². The van der Waals surface area contributed by atoms with Crippen LogP contribution < -0.4 is 15.4 Å². The van der Waals surface area contributed by atoms with Gasteiger partial charge in [-0.2, -0.15) is 0 Å². The summed E-state index contributed by atoms with van der Waals surface area (Å²) in [6.45, 7) is 6.49. The molecule has 2 rings (SSSR count). The number of benzene rings is 2. The van der Waals surface area contributed by atoms with E-state index in [1.165, 1.54) is 11.1 Å². The second-order valence-corrected chi connectivity index (χ2v) is 7.71. The molecule has 0 aliphatic heterocycles. The molecular formula is C26H39N3O3. The molecule has 32 heavy (non-hydrogen) atoms. The van der Waals surface area contributed by atoms with Crippen LogP contribution in [0.5, 0.6) is 5.75 Å². The Morgan fingerprint density at radius 3 is 2.53 bits per heavy atom. The first-order valence-corrected chi connectivity index (χ1v) is 11.5. The predicted octanol–water partition coefficient (Wildman–Crippen LogP) is 4.11. The summed E-state index contributed by atoms with van der Waals surface area (Å²) >= 11 is 0. The first-order valence-electron chi connectivity index (χ1n) is 11.5. The maximum absolute atomic E-state index is 5.97. The lowest BCUT2D eigenvalue weighted by Crippen LogP contribution is -2.37. The van der Waals surface area contributed by atoms with Crippen molar-refractivity contribution in [1.82, 2.24) is 10.6 Å². The van der Waals surface area contributed by atoms with Gasteiger partial charge in [0.1, 0.15) is 5.75 Å². The van der Waals surface area contributed by atoms with E-state index in [1.54, 1.807) is 14.2 Å². The molecule has 0 fully saturated rings. The Labute approximate surface area is 193 Å². The molecule has 0 heterocycles. The van der Waals surface area contributed by atoms with E-state index in [0.717, 1.165) is 62.7 Å². The fourth-order valence-electron chi connectivity index (χ4n) is 3.20. The zero-order chi connectivity index (χ0) is 22.9. The Morgan fingerprint density at radius 2 is 1.75 bits per heavy atom. The van der Waals surface area contributed by atoms with Gasteiger partial charge in [-0.05, 0) is 43.4 Å². The average molecular weight is 442 g/mol. The van der Waals surface area contributed by atoms with Crippen molar-refractivity contribution in [3.05, 3.63) is 65.2 Å². The molecule has 2 N–H and O–H groups in total. The third kappa shape index (κ3) is 10.6. The molecule has 0 atom stereocenters. The van der Waals surface area contributed by atoms with Crippen LogP contribution in [0.3, 0.4) is 0 Å². The highest BCUT2D eigenvalue weighted by atomic mass is 16.5. The van der Waals surface area contributed by atoms with E-state index in [0.29, 0.717) is 19.8 Å². The van der Waals surface area contributed by atoms with E-state index in [2.05, 4.69) is 65.0 Å². The minimum atomic E-state index is 0.644. The number of rotatable bonds is 15. The second kappa shape index (κ2) is 16.1. The number of hydrogen-bond donors (Lipinski definition) is 2. The Balaban J connectivity index is 1.61. The summed E-state index contributed by atoms with van der Waals surface area (Å²) in [5.74, 6) is 1.71. The van der Waals surface area contributed by atoms with Gasteiger partial charge < -0.3 is 24.8 Å². The van der Waals surface area contributed by atoms with Gasteiger partial charge in [0, 0.05) is 52.4 Å². The Hall–Kier alpha value is -2.57. The van der Waals surface area contributed by atoms with Crippen molar-refractivity contribution in [1.29, 1.82) is 0 Å². The molecule has 6 heteroatoms. The van der Waals surface area contributed by atoms with E-state index in [9.17, 15) is 0 Å². The monoisotopic (exact) mass is 441 g/mol. The van der Waals surface area contributed by atoms with Crippen LogP contribution in [-0.4, -0.2) is 53.1 Å². The standard InChI is InChI=1S/C26H39N3O3/c1-22-12-13-24(25(20-22)32-18-9-16-30-3)21-29-26(27-2)28-15-7-8-17-31-19-14-23-10-5-4-6-11-23/h4-6,10-13,20H,7-9,14-19,21H2,1-3H3,(H2,27,28,29). The third-order valence-electron chi connectivity index (χ3n) is 5.03. The molecule has 6 nitrogen and oxygen atoms in total. The molecule has 0 saturated carbocycles. The van der Waals surface area contributed by atoms with Crippen LogP contribution in [0.15, 0.2) is 53.5 Å². The maximum Gasteiger partial charge on any atom is 0.191 e. The number of unbranched alkanes of at least 4 members (excludes halogenated alkanes) is 1. The van der Waals surface area contributed by atoms with Crippen LogP contribution in [0.4, 0.5) is 0 Å². The first kappa shape index (κ1) is 25.7.